The van der Waals surface area contributed by atoms with Gasteiger partial charge in [-0.3, -0.25) is 4.79 Å². The zero-order chi connectivity index (χ0) is 10.8. The maximum Gasteiger partial charge on any atom is 0.185 e. The third-order valence-corrected chi connectivity index (χ3v) is 2.32. The highest BCUT2D eigenvalue weighted by Gasteiger charge is 2.08. The van der Waals surface area contributed by atoms with Gasteiger partial charge in [0.25, 0.3) is 0 Å². The smallest absolute Gasteiger partial charge is 0.185 e. The average molecular weight is 200 g/mol. The topological polar surface area (TPSA) is 17.1 Å². The molecule has 0 aliphatic rings. The number of halogens is 1. The van der Waals surface area contributed by atoms with Crippen molar-refractivity contribution < 1.29 is 9.18 Å². The van der Waals surface area contributed by atoms with Crippen molar-refractivity contribution in [2.75, 3.05) is 0 Å². The number of hydrogen-bond acceptors (Lipinski definition) is 1. The van der Waals surface area contributed by atoms with Gasteiger partial charge in [0.05, 0.1) is 0 Å². The van der Waals surface area contributed by atoms with Crippen molar-refractivity contribution in [2.45, 2.75) is 0 Å². The van der Waals surface area contributed by atoms with Crippen LogP contribution < -0.4 is 0 Å². The van der Waals surface area contributed by atoms with Crippen LogP contribution in [0.1, 0.15) is 10.4 Å². The molecule has 0 aliphatic heterocycles. The van der Waals surface area contributed by atoms with Gasteiger partial charge in [0.1, 0.15) is 5.82 Å². The third kappa shape index (κ3) is 1.54. The van der Waals surface area contributed by atoms with Crippen molar-refractivity contribution in [3.63, 3.8) is 0 Å². The minimum absolute atomic E-state index is 0.189. The number of hydrogen-bond donors (Lipinski definition) is 0. The highest BCUT2D eigenvalue weighted by molar-refractivity contribution is 6.13. The van der Waals surface area contributed by atoms with Crippen molar-refractivity contribution in [1.82, 2.24) is 0 Å². The largest absolute Gasteiger partial charge is 0.289 e. The van der Waals surface area contributed by atoms with E-state index in [2.05, 4.69) is 6.58 Å². The molecule has 0 fully saturated rings. The van der Waals surface area contributed by atoms with E-state index in [1.807, 2.05) is 0 Å². The normalized spacial score (nSPS) is 10.2. The molecular formula is C13H9FO. The van der Waals surface area contributed by atoms with Crippen LogP contribution in [0.2, 0.25) is 0 Å². The molecule has 0 N–H and O–H groups in total. The van der Waals surface area contributed by atoms with E-state index in [-0.39, 0.29) is 11.6 Å². The molecule has 0 spiro atoms. The summed E-state index contributed by atoms with van der Waals surface area (Å²) in [5.41, 5.74) is 0.488. The van der Waals surface area contributed by atoms with E-state index < -0.39 is 0 Å². The molecule has 0 saturated carbocycles. The quantitative estimate of drug-likeness (QED) is 0.536. The Hall–Kier alpha value is -1.96. The standard InChI is InChI=1S/C13H9FO/c1-2-13(15)11-7-8-12(14)10-6-4-3-5-9(10)11/h2-8H,1H2. The number of benzene rings is 2. The van der Waals surface area contributed by atoms with Crippen LogP contribution in [-0.2, 0) is 0 Å². The first kappa shape index (κ1) is 9.59. The Kier molecular flexibility index (Phi) is 2.34. The highest BCUT2D eigenvalue weighted by Crippen LogP contribution is 2.22. The summed E-state index contributed by atoms with van der Waals surface area (Å²) in [6, 6.07) is 9.70. The predicted octanol–water partition coefficient (Wildman–Crippen LogP) is 3.35. The van der Waals surface area contributed by atoms with Gasteiger partial charge in [-0.1, -0.05) is 30.8 Å². The van der Waals surface area contributed by atoms with Crippen molar-refractivity contribution in [1.29, 1.82) is 0 Å². The first-order valence-corrected chi connectivity index (χ1v) is 4.58. The van der Waals surface area contributed by atoms with E-state index in [1.54, 1.807) is 24.3 Å². The van der Waals surface area contributed by atoms with Crippen molar-refractivity contribution >= 4 is 16.6 Å². The van der Waals surface area contributed by atoms with Crippen LogP contribution in [0.25, 0.3) is 10.8 Å². The van der Waals surface area contributed by atoms with Crippen LogP contribution in [0.15, 0.2) is 49.1 Å². The molecule has 1 nitrogen and oxygen atoms in total. The van der Waals surface area contributed by atoms with Crippen molar-refractivity contribution in [2.24, 2.45) is 0 Å². The fourth-order valence-corrected chi connectivity index (χ4v) is 1.59. The Labute approximate surface area is 86.8 Å². The van der Waals surface area contributed by atoms with Gasteiger partial charge < -0.3 is 0 Å². The molecule has 74 valence electrons. The number of allylic oxidation sites excluding steroid dienone is 1. The van der Waals surface area contributed by atoms with Crippen molar-refractivity contribution in [3.05, 3.63) is 60.4 Å². The number of fused-ring (bicyclic) bond motifs is 1. The minimum atomic E-state index is -0.314. The van der Waals surface area contributed by atoms with E-state index in [9.17, 15) is 9.18 Å². The molecular weight excluding hydrogens is 191 g/mol. The Bertz CT molecular complexity index is 543. The molecule has 0 amide bonds. The summed E-state index contributed by atoms with van der Waals surface area (Å²) >= 11 is 0. The number of ketones is 1. The van der Waals surface area contributed by atoms with E-state index >= 15 is 0 Å². The molecule has 0 atom stereocenters. The summed E-state index contributed by atoms with van der Waals surface area (Å²) in [7, 11) is 0. The summed E-state index contributed by atoms with van der Waals surface area (Å²) in [5, 5.41) is 1.09. The first-order chi connectivity index (χ1) is 7.24. The summed E-state index contributed by atoms with van der Waals surface area (Å²) in [6.45, 7) is 3.42. The zero-order valence-corrected chi connectivity index (χ0v) is 8.03. The SMILES string of the molecule is C=CC(=O)c1ccc(F)c2ccccc12. The molecule has 15 heavy (non-hydrogen) atoms. The van der Waals surface area contributed by atoms with E-state index in [1.165, 1.54) is 18.2 Å². The highest BCUT2D eigenvalue weighted by atomic mass is 19.1. The number of carbonyl (C=O) groups excluding carboxylic acids is 1. The van der Waals surface area contributed by atoms with Crippen LogP contribution in [-0.4, -0.2) is 5.78 Å². The van der Waals surface area contributed by atoms with E-state index in [0.29, 0.717) is 16.3 Å². The van der Waals surface area contributed by atoms with Gasteiger partial charge >= 0.3 is 0 Å². The predicted molar refractivity (Wildman–Crippen MR) is 58.4 cm³/mol. The monoisotopic (exact) mass is 200 g/mol. The van der Waals surface area contributed by atoms with Gasteiger partial charge in [0.2, 0.25) is 0 Å². The van der Waals surface area contributed by atoms with Gasteiger partial charge in [-0.2, -0.15) is 0 Å². The second-order valence-electron chi connectivity index (χ2n) is 3.21. The lowest BCUT2D eigenvalue weighted by atomic mass is 10.0. The molecule has 2 rings (SSSR count). The lowest BCUT2D eigenvalue weighted by Crippen LogP contribution is -1.96. The molecule has 2 heteroatoms. The summed E-state index contributed by atoms with van der Waals surface area (Å²) in [5.74, 6) is -0.502. The lowest BCUT2D eigenvalue weighted by Gasteiger charge is -2.03. The third-order valence-electron chi connectivity index (χ3n) is 2.32. The van der Waals surface area contributed by atoms with Gasteiger partial charge in [-0.25, -0.2) is 4.39 Å². The fraction of sp³-hybridized carbons (Fsp3) is 0. The van der Waals surface area contributed by atoms with Crippen LogP contribution in [0, 0.1) is 5.82 Å². The van der Waals surface area contributed by atoms with Crippen LogP contribution in [0.3, 0.4) is 0 Å². The second-order valence-corrected chi connectivity index (χ2v) is 3.21. The molecule has 2 aromatic carbocycles. The second kappa shape index (κ2) is 3.65. The fourth-order valence-electron chi connectivity index (χ4n) is 1.59. The molecule has 0 bridgehead atoms. The maximum atomic E-state index is 13.4. The molecule has 0 saturated heterocycles. The van der Waals surface area contributed by atoms with Gasteiger partial charge in [0.15, 0.2) is 5.78 Å². The van der Waals surface area contributed by atoms with Crippen LogP contribution >= 0.6 is 0 Å². The Morgan fingerprint density at radius 1 is 1.13 bits per heavy atom. The van der Waals surface area contributed by atoms with Gasteiger partial charge in [-0.05, 0) is 23.6 Å². The maximum absolute atomic E-state index is 13.4. The van der Waals surface area contributed by atoms with E-state index in [0.717, 1.165) is 0 Å². The van der Waals surface area contributed by atoms with Crippen molar-refractivity contribution in [3.8, 4) is 0 Å². The molecule has 0 aliphatic carbocycles. The summed E-state index contributed by atoms with van der Waals surface area (Å²) in [6.07, 6.45) is 1.24. The van der Waals surface area contributed by atoms with Gasteiger partial charge in [0, 0.05) is 10.9 Å². The summed E-state index contributed by atoms with van der Waals surface area (Å²) < 4.78 is 13.4. The minimum Gasteiger partial charge on any atom is -0.289 e. The number of rotatable bonds is 2. The lowest BCUT2D eigenvalue weighted by molar-refractivity contribution is 0.104. The molecule has 0 aromatic heterocycles. The molecule has 0 heterocycles. The Balaban J connectivity index is 2.83. The zero-order valence-electron chi connectivity index (χ0n) is 8.03. The average Bonchev–Trinajstić information content (AvgIpc) is 2.29. The number of carbonyl (C=O) groups is 1. The van der Waals surface area contributed by atoms with Crippen LogP contribution in [0.4, 0.5) is 4.39 Å². The Morgan fingerprint density at radius 3 is 2.47 bits per heavy atom. The molecule has 2 aromatic rings. The van der Waals surface area contributed by atoms with E-state index in [4.69, 9.17) is 0 Å². The van der Waals surface area contributed by atoms with Gasteiger partial charge in [-0.15, -0.1) is 0 Å². The molecule has 0 unspecified atom stereocenters. The van der Waals surface area contributed by atoms with Crippen LogP contribution in [0.5, 0.6) is 0 Å². The first-order valence-electron chi connectivity index (χ1n) is 4.58. The Morgan fingerprint density at radius 2 is 1.80 bits per heavy atom. The molecule has 0 radical (unpaired) electrons. The summed E-state index contributed by atoms with van der Waals surface area (Å²) in [4.78, 5) is 11.5.